The maximum atomic E-state index is 13.5. The zero-order chi connectivity index (χ0) is 15.6. The van der Waals surface area contributed by atoms with E-state index in [2.05, 4.69) is 15.3 Å². The van der Waals surface area contributed by atoms with Crippen LogP contribution in [-0.2, 0) is 6.18 Å². The first kappa shape index (κ1) is 15.3. The average molecular weight is 322 g/mol. The summed E-state index contributed by atoms with van der Waals surface area (Å²) in [4.78, 5) is 6.37. The molecule has 2 rings (SSSR count). The number of aromatic nitrogens is 2. The molecule has 112 valence electrons. The molecule has 0 saturated carbocycles. The first-order valence-electron chi connectivity index (χ1n) is 5.52. The number of rotatable bonds is 3. The molecule has 1 aromatic heterocycles. The van der Waals surface area contributed by atoms with E-state index in [0.29, 0.717) is 0 Å². The Morgan fingerprint density at radius 1 is 1.19 bits per heavy atom. The molecule has 2 aromatic rings. The van der Waals surface area contributed by atoms with Crippen molar-refractivity contribution in [1.82, 2.24) is 9.97 Å². The molecule has 0 aliphatic heterocycles. The third kappa shape index (κ3) is 3.72. The van der Waals surface area contributed by atoms with Gasteiger partial charge in [-0.3, -0.25) is 0 Å². The van der Waals surface area contributed by atoms with E-state index in [0.717, 1.165) is 12.1 Å². The number of anilines is 2. The van der Waals surface area contributed by atoms with E-state index in [1.165, 1.54) is 19.2 Å². The van der Waals surface area contributed by atoms with E-state index >= 15 is 0 Å². The normalized spacial score (nSPS) is 11.3. The standard InChI is InChI=1S/C12H8ClF4N3O/c1-21-8-3-2-6(4-7(8)14)18-10-5-9(13)19-11(20-10)12(15,16)17/h2-5H,1H3,(H,18,19,20). The van der Waals surface area contributed by atoms with Crippen molar-refractivity contribution in [2.45, 2.75) is 6.18 Å². The van der Waals surface area contributed by atoms with Gasteiger partial charge < -0.3 is 10.1 Å². The predicted octanol–water partition coefficient (Wildman–Crippen LogP) is 4.04. The van der Waals surface area contributed by atoms with Gasteiger partial charge >= 0.3 is 6.18 Å². The van der Waals surface area contributed by atoms with E-state index < -0.39 is 17.8 Å². The summed E-state index contributed by atoms with van der Waals surface area (Å²) in [6.45, 7) is 0. The summed E-state index contributed by atoms with van der Waals surface area (Å²) in [5.74, 6) is -2.24. The fraction of sp³-hybridized carbons (Fsp3) is 0.167. The largest absolute Gasteiger partial charge is 0.494 e. The van der Waals surface area contributed by atoms with Gasteiger partial charge in [0.25, 0.3) is 0 Å². The minimum atomic E-state index is -4.73. The molecule has 9 heteroatoms. The Bertz CT molecular complexity index is 663. The predicted molar refractivity (Wildman–Crippen MR) is 68.3 cm³/mol. The van der Waals surface area contributed by atoms with Gasteiger partial charge in [-0.15, -0.1) is 0 Å². The number of benzene rings is 1. The van der Waals surface area contributed by atoms with Crippen LogP contribution in [0.2, 0.25) is 5.15 Å². The third-order valence-corrected chi connectivity index (χ3v) is 2.57. The molecule has 0 aliphatic rings. The van der Waals surface area contributed by atoms with Gasteiger partial charge in [0.2, 0.25) is 5.82 Å². The van der Waals surface area contributed by atoms with Crippen LogP contribution in [0.1, 0.15) is 5.82 Å². The van der Waals surface area contributed by atoms with Crippen molar-refractivity contribution in [3.8, 4) is 5.75 Å². The summed E-state index contributed by atoms with van der Waals surface area (Å²) < 4.78 is 55.9. The Labute approximate surface area is 121 Å². The Morgan fingerprint density at radius 2 is 1.90 bits per heavy atom. The van der Waals surface area contributed by atoms with Gasteiger partial charge in [-0.05, 0) is 12.1 Å². The minimum absolute atomic E-state index is 0.0113. The smallest absolute Gasteiger partial charge is 0.451 e. The number of nitrogens with one attached hydrogen (secondary N) is 1. The van der Waals surface area contributed by atoms with Crippen LogP contribution in [0.5, 0.6) is 5.75 Å². The second-order valence-electron chi connectivity index (χ2n) is 3.87. The Balaban J connectivity index is 2.31. The fourth-order valence-corrected chi connectivity index (χ4v) is 1.68. The van der Waals surface area contributed by atoms with Crippen LogP contribution in [0.25, 0.3) is 0 Å². The van der Waals surface area contributed by atoms with Gasteiger partial charge in [0, 0.05) is 17.8 Å². The number of hydrogen-bond donors (Lipinski definition) is 1. The SMILES string of the molecule is COc1ccc(Nc2cc(Cl)nc(C(F)(F)F)n2)cc1F. The zero-order valence-electron chi connectivity index (χ0n) is 10.5. The molecule has 1 N–H and O–H groups in total. The fourth-order valence-electron chi connectivity index (χ4n) is 1.50. The van der Waals surface area contributed by atoms with Crippen molar-refractivity contribution >= 4 is 23.1 Å². The van der Waals surface area contributed by atoms with Crippen molar-refractivity contribution in [2.75, 3.05) is 12.4 Å². The molecule has 0 fully saturated rings. The lowest BCUT2D eigenvalue weighted by Gasteiger charge is -2.10. The molecule has 0 atom stereocenters. The monoisotopic (exact) mass is 321 g/mol. The molecule has 0 radical (unpaired) electrons. The quantitative estimate of drug-likeness (QED) is 0.684. The van der Waals surface area contributed by atoms with Gasteiger partial charge in [-0.25, -0.2) is 14.4 Å². The molecule has 0 bridgehead atoms. The lowest BCUT2D eigenvalue weighted by Crippen LogP contribution is -2.12. The number of alkyl halides is 3. The lowest BCUT2D eigenvalue weighted by molar-refractivity contribution is -0.144. The summed E-state index contributed by atoms with van der Waals surface area (Å²) in [7, 11) is 1.30. The van der Waals surface area contributed by atoms with Gasteiger partial charge in [0.05, 0.1) is 7.11 Å². The molecular weight excluding hydrogens is 314 g/mol. The lowest BCUT2D eigenvalue weighted by atomic mass is 10.3. The van der Waals surface area contributed by atoms with Gasteiger partial charge in [0.15, 0.2) is 11.6 Å². The second-order valence-corrected chi connectivity index (χ2v) is 4.26. The van der Waals surface area contributed by atoms with Crippen LogP contribution >= 0.6 is 11.6 Å². The van der Waals surface area contributed by atoms with Crippen LogP contribution in [0.4, 0.5) is 29.1 Å². The first-order chi connectivity index (χ1) is 9.79. The van der Waals surface area contributed by atoms with Crippen molar-refractivity contribution in [3.63, 3.8) is 0 Å². The minimum Gasteiger partial charge on any atom is -0.494 e. The van der Waals surface area contributed by atoms with Gasteiger partial charge in [0.1, 0.15) is 11.0 Å². The van der Waals surface area contributed by atoms with E-state index in [9.17, 15) is 17.6 Å². The Morgan fingerprint density at radius 3 is 2.48 bits per heavy atom. The highest BCUT2D eigenvalue weighted by molar-refractivity contribution is 6.29. The molecule has 1 heterocycles. The first-order valence-corrected chi connectivity index (χ1v) is 5.90. The third-order valence-electron chi connectivity index (χ3n) is 2.37. The van der Waals surface area contributed by atoms with Crippen molar-refractivity contribution < 1.29 is 22.3 Å². The maximum Gasteiger partial charge on any atom is 0.451 e. The van der Waals surface area contributed by atoms with Crippen molar-refractivity contribution in [1.29, 1.82) is 0 Å². The Kier molecular flexibility index (Phi) is 4.17. The van der Waals surface area contributed by atoms with E-state index in [4.69, 9.17) is 16.3 Å². The molecule has 0 amide bonds. The van der Waals surface area contributed by atoms with E-state index in [-0.39, 0.29) is 22.4 Å². The molecule has 0 spiro atoms. The van der Waals surface area contributed by atoms with Gasteiger partial charge in [-0.2, -0.15) is 13.2 Å². The molecule has 0 saturated heterocycles. The summed E-state index contributed by atoms with van der Waals surface area (Å²) in [6.07, 6.45) is -4.73. The molecule has 21 heavy (non-hydrogen) atoms. The number of halogens is 5. The zero-order valence-corrected chi connectivity index (χ0v) is 11.3. The van der Waals surface area contributed by atoms with Crippen molar-refractivity contribution in [2.24, 2.45) is 0 Å². The number of hydrogen-bond acceptors (Lipinski definition) is 4. The van der Waals surface area contributed by atoms with Crippen LogP contribution in [-0.4, -0.2) is 17.1 Å². The molecule has 0 unspecified atom stereocenters. The second kappa shape index (κ2) is 5.72. The van der Waals surface area contributed by atoms with Crippen molar-refractivity contribution in [3.05, 3.63) is 41.1 Å². The summed E-state index contributed by atoms with van der Waals surface area (Å²) in [5.41, 5.74) is 0.191. The highest BCUT2D eigenvalue weighted by atomic mass is 35.5. The number of nitrogens with zero attached hydrogens (tertiary/aromatic N) is 2. The number of ether oxygens (including phenoxy) is 1. The van der Waals surface area contributed by atoms with Crippen LogP contribution in [0.15, 0.2) is 24.3 Å². The van der Waals surface area contributed by atoms with Gasteiger partial charge in [-0.1, -0.05) is 11.6 Å². The summed E-state index contributed by atoms with van der Waals surface area (Å²) in [5, 5.41) is 2.14. The molecule has 4 nitrogen and oxygen atoms in total. The highest BCUT2D eigenvalue weighted by Gasteiger charge is 2.35. The summed E-state index contributed by atoms with van der Waals surface area (Å²) >= 11 is 5.52. The Hall–Kier alpha value is -2.09. The maximum absolute atomic E-state index is 13.5. The van der Waals surface area contributed by atoms with Crippen LogP contribution in [0, 0.1) is 5.82 Å². The summed E-state index contributed by atoms with van der Waals surface area (Å²) in [6, 6.07) is 4.90. The number of methoxy groups -OCH3 is 1. The molecular formula is C12H8ClF4N3O. The topological polar surface area (TPSA) is 47.0 Å². The molecule has 1 aromatic carbocycles. The molecule has 0 aliphatic carbocycles. The van der Waals surface area contributed by atoms with E-state index in [1.807, 2.05) is 0 Å². The van der Waals surface area contributed by atoms with Crippen LogP contribution in [0.3, 0.4) is 0 Å². The average Bonchev–Trinajstić information content (AvgIpc) is 2.37. The highest BCUT2D eigenvalue weighted by Crippen LogP contribution is 2.29. The van der Waals surface area contributed by atoms with Crippen LogP contribution < -0.4 is 10.1 Å². The van der Waals surface area contributed by atoms with E-state index in [1.54, 1.807) is 0 Å².